The molecule has 0 aliphatic rings. The number of hydrogen-bond acceptors (Lipinski definition) is 4. The number of hydrogen-bond donors (Lipinski definition) is 2. The van der Waals surface area contributed by atoms with Crippen molar-refractivity contribution >= 4 is 48.9 Å². The predicted octanol–water partition coefficient (Wildman–Crippen LogP) is 0.998. The van der Waals surface area contributed by atoms with Gasteiger partial charge in [0, 0.05) is 10.8 Å². The Morgan fingerprint density at radius 1 is 1.53 bits per heavy atom. The molecule has 1 heterocycles. The summed E-state index contributed by atoms with van der Waals surface area (Å²) < 4.78 is 24.9. The van der Waals surface area contributed by atoms with Crippen LogP contribution in [0.2, 0.25) is 0 Å². The van der Waals surface area contributed by atoms with Crippen molar-refractivity contribution in [2.75, 3.05) is 18.1 Å². The lowest BCUT2D eigenvalue weighted by Crippen LogP contribution is -2.30. The molecule has 1 rings (SSSR count). The van der Waals surface area contributed by atoms with Crippen LogP contribution in [0.25, 0.3) is 0 Å². The standard InChI is InChI=1S/C7H9BrN2O3S2/c1-9-15(12,13)4-7(11)10-6-3-14-2-5(6)8/h2-3,9H,4H2,1H3,(H,10,11). The Hall–Kier alpha value is -0.440. The third-order valence-corrected chi connectivity index (χ3v) is 4.49. The summed E-state index contributed by atoms with van der Waals surface area (Å²) >= 11 is 4.63. The van der Waals surface area contributed by atoms with Crippen LogP contribution < -0.4 is 10.0 Å². The number of nitrogens with one attached hydrogen (secondary N) is 2. The first-order valence-electron chi connectivity index (χ1n) is 3.87. The molecule has 2 N–H and O–H groups in total. The van der Waals surface area contributed by atoms with E-state index in [1.807, 2.05) is 0 Å². The number of carbonyl (C=O) groups excluding carboxylic acids is 1. The van der Waals surface area contributed by atoms with Gasteiger partial charge in [-0.15, -0.1) is 11.3 Å². The number of sulfonamides is 1. The van der Waals surface area contributed by atoms with Crippen molar-refractivity contribution in [1.82, 2.24) is 4.72 Å². The summed E-state index contributed by atoms with van der Waals surface area (Å²) in [7, 11) is -2.24. The molecule has 1 aromatic rings. The fourth-order valence-electron chi connectivity index (χ4n) is 0.802. The largest absolute Gasteiger partial charge is 0.323 e. The van der Waals surface area contributed by atoms with Gasteiger partial charge in [-0.2, -0.15) is 0 Å². The fraction of sp³-hybridized carbons (Fsp3) is 0.286. The van der Waals surface area contributed by atoms with Crippen molar-refractivity contribution < 1.29 is 13.2 Å². The van der Waals surface area contributed by atoms with Crippen LogP contribution in [0.1, 0.15) is 0 Å². The van der Waals surface area contributed by atoms with Gasteiger partial charge in [0.2, 0.25) is 15.9 Å². The minimum Gasteiger partial charge on any atom is -0.323 e. The highest BCUT2D eigenvalue weighted by atomic mass is 79.9. The molecule has 0 aliphatic carbocycles. The van der Waals surface area contributed by atoms with E-state index in [9.17, 15) is 13.2 Å². The molecule has 0 aromatic carbocycles. The van der Waals surface area contributed by atoms with Crippen molar-refractivity contribution in [3.63, 3.8) is 0 Å². The van der Waals surface area contributed by atoms with Gasteiger partial charge in [-0.25, -0.2) is 13.1 Å². The maximum atomic E-state index is 11.3. The van der Waals surface area contributed by atoms with E-state index in [0.29, 0.717) is 5.69 Å². The molecule has 5 nitrogen and oxygen atoms in total. The average Bonchev–Trinajstić information content (AvgIpc) is 2.51. The van der Waals surface area contributed by atoms with E-state index in [0.717, 1.165) is 4.47 Å². The first-order chi connectivity index (χ1) is 6.94. The third kappa shape index (κ3) is 3.90. The molecule has 1 aromatic heterocycles. The zero-order chi connectivity index (χ0) is 11.5. The molecular formula is C7H9BrN2O3S2. The van der Waals surface area contributed by atoms with Crippen LogP contribution in [0, 0.1) is 0 Å². The van der Waals surface area contributed by atoms with Gasteiger partial charge in [-0.1, -0.05) is 0 Å². The van der Waals surface area contributed by atoms with Crippen LogP contribution >= 0.6 is 27.3 Å². The smallest absolute Gasteiger partial charge is 0.241 e. The summed E-state index contributed by atoms with van der Waals surface area (Å²) in [6.45, 7) is 0. The van der Waals surface area contributed by atoms with Crippen LogP contribution in [0.5, 0.6) is 0 Å². The lowest BCUT2D eigenvalue weighted by atomic mass is 10.5. The minimum absolute atomic E-state index is 0.566. The molecule has 1 amide bonds. The van der Waals surface area contributed by atoms with Crippen molar-refractivity contribution in [3.05, 3.63) is 15.2 Å². The molecule has 15 heavy (non-hydrogen) atoms. The van der Waals surface area contributed by atoms with Gasteiger partial charge in [-0.3, -0.25) is 4.79 Å². The lowest BCUT2D eigenvalue weighted by Gasteiger charge is -2.03. The predicted molar refractivity (Wildman–Crippen MR) is 63.5 cm³/mol. The van der Waals surface area contributed by atoms with E-state index in [1.54, 1.807) is 10.8 Å². The molecule has 0 saturated carbocycles. The number of rotatable bonds is 4. The maximum Gasteiger partial charge on any atom is 0.241 e. The molecule has 8 heteroatoms. The number of carbonyl (C=O) groups is 1. The Bertz CT molecular complexity index is 455. The van der Waals surface area contributed by atoms with E-state index in [1.165, 1.54) is 18.4 Å². The van der Waals surface area contributed by atoms with Crippen LogP contribution in [0.3, 0.4) is 0 Å². The molecular weight excluding hydrogens is 304 g/mol. The second-order valence-corrected chi connectivity index (χ2v) is 6.17. The van der Waals surface area contributed by atoms with Crippen molar-refractivity contribution in [2.45, 2.75) is 0 Å². The Morgan fingerprint density at radius 3 is 2.67 bits per heavy atom. The second kappa shape index (κ2) is 5.06. The highest BCUT2D eigenvalue weighted by molar-refractivity contribution is 9.10. The number of amides is 1. The Labute approximate surface area is 100 Å². The summed E-state index contributed by atoms with van der Waals surface area (Å²) in [5.41, 5.74) is 0.580. The monoisotopic (exact) mass is 312 g/mol. The van der Waals surface area contributed by atoms with E-state index in [4.69, 9.17) is 0 Å². The molecule has 0 unspecified atom stereocenters. The van der Waals surface area contributed by atoms with Crippen LogP contribution in [-0.4, -0.2) is 27.1 Å². The fourth-order valence-corrected chi connectivity index (χ4v) is 2.69. The second-order valence-electron chi connectivity index (χ2n) is 2.64. The van der Waals surface area contributed by atoms with E-state index < -0.39 is 21.7 Å². The van der Waals surface area contributed by atoms with E-state index in [-0.39, 0.29) is 0 Å². The zero-order valence-electron chi connectivity index (χ0n) is 7.78. The minimum atomic E-state index is -3.51. The topological polar surface area (TPSA) is 75.3 Å². The number of thiophene rings is 1. The summed E-state index contributed by atoms with van der Waals surface area (Å²) in [5, 5.41) is 6.00. The quantitative estimate of drug-likeness (QED) is 0.871. The van der Waals surface area contributed by atoms with Gasteiger partial charge in [0.25, 0.3) is 0 Å². The highest BCUT2D eigenvalue weighted by Crippen LogP contribution is 2.26. The summed E-state index contributed by atoms with van der Waals surface area (Å²) in [6.07, 6.45) is 0. The van der Waals surface area contributed by atoms with Crippen LogP contribution in [0.4, 0.5) is 5.69 Å². The number of anilines is 1. The summed E-state index contributed by atoms with van der Waals surface area (Å²) in [5.74, 6) is -1.14. The van der Waals surface area contributed by atoms with E-state index >= 15 is 0 Å². The van der Waals surface area contributed by atoms with Crippen molar-refractivity contribution in [3.8, 4) is 0 Å². The molecule has 0 spiro atoms. The molecule has 0 fully saturated rings. The molecule has 0 aliphatic heterocycles. The first-order valence-corrected chi connectivity index (χ1v) is 7.26. The third-order valence-electron chi connectivity index (χ3n) is 1.52. The SMILES string of the molecule is CNS(=O)(=O)CC(=O)Nc1cscc1Br. The lowest BCUT2D eigenvalue weighted by molar-refractivity contribution is -0.113. The number of halogens is 1. The summed E-state index contributed by atoms with van der Waals surface area (Å²) in [6, 6.07) is 0. The molecule has 84 valence electrons. The zero-order valence-corrected chi connectivity index (χ0v) is 11.0. The van der Waals surface area contributed by atoms with Gasteiger partial charge in [0.15, 0.2) is 0 Å². The Kier molecular flexibility index (Phi) is 4.26. The Balaban J connectivity index is 2.62. The summed E-state index contributed by atoms with van der Waals surface area (Å²) in [4.78, 5) is 11.3. The molecule has 0 bridgehead atoms. The molecule has 0 saturated heterocycles. The average molecular weight is 313 g/mol. The van der Waals surface area contributed by atoms with Crippen molar-refractivity contribution in [1.29, 1.82) is 0 Å². The highest BCUT2D eigenvalue weighted by Gasteiger charge is 2.15. The van der Waals surface area contributed by atoms with Crippen molar-refractivity contribution in [2.24, 2.45) is 0 Å². The van der Waals surface area contributed by atoms with Crippen LogP contribution in [-0.2, 0) is 14.8 Å². The van der Waals surface area contributed by atoms with Gasteiger partial charge in [-0.05, 0) is 23.0 Å². The maximum absolute atomic E-state index is 11.3. The van der Waals surface area contributed by atoms with Crippen LogP contribution in [0.15, 0.2) is 15.2 Å². The van der Waals surface area contributed by atoms with Gasteiger partial charge in [0.1, 0.15) is 5.75 Å². The molecule has 0 radical (unpaired) electrons. The van der Waals surface area contributed by atoms with E-state index in [2.05, 4.69) is 26.0 Å². The van der Waals surface area contributed by atoms with Gasteiger partial charge in [0.05, 0.1) is 10.2 Å². The molecule has 0 atom stereocenters. The normalized spacial score (nSPS) is 11.3. The Morgan fingerprint density at radius 2 is 2.20 bits per heavy atom. The van der Waals surface area contributed by atoms with Gasteiger partial charge < -0.3 is 5.32 Å². The van der Waals surface area contributed by atoms with Gasteiger partial charge >= 0.3 is 0 Å². The first kappa shape index (κ1) is 12.6.